The van der Waals surface area contributed by atoms with Gasteiger partial charge >= 0.3 is 0 Å². The Bertz CT molecular complexity index is 237. The minimum atomic E-state index is 0.00616. The molecule has 0 spiro atoms. The van der Waals surface area contributed by atoms with Crippen LogP contribution >= 0.6 is 0 Å². The van der Waals surface area contributed by atoms with E-state index >= 15 is 0 Å². The van der Waals surface area contributed by atoms with Gasteiger partial charge in [0.15, 0.2) is 0 Å². The molecule has 3 unspecified atom stereocenters. The summed E-state index contributed by atoms with van der Waals surface area (Å²) in [6, 6.07) is 0.411. The van der Waals surface area contributed by atoms with E-state index in [1.807, 2.05) is 11.8 Å². The standard InChI is InChI=1S/C11H20N2O/c1-7(6-10-4-5-10)13-9(3)12-8(2)11(13)14/h7-10,12H,4-6H2,1-3H3. The van der Waals surface area contributed by atoms with Crippen molar-refractivity contribution in [1.29, 1.82) is 0 Å². The molecule has 3 atom stereocenters. The van der Waals surface area contributed by atoms with Gasteiger partial charge in [-0.3, -0.25) is 10.1 Å². The van der Waals surface area contributed by atoms with Crippen molar-refractivity contribution in [1.82, 2.24) is 10.2 Å². The first-order valence-corrected chi connectivity index (χ1v) is 5.68. The van der Waals surface area contributed by atoms with Gasteiger partial charge in [-0.1, -0.05) is 12.8 Å². The van der Waals surface area contributed by atoms with Crippen LogP contribution < -0.4 is 5.32 Å². The van der Waals surface area contributed by atoms with E-state index in [0.29, 0.717) is 6.04 Å². The first-order valence-electron chi connectivity index (χ1n) is 5.68. The van der Waals surface area contributed by atoms with Crippen LogP contribution in [0.3, 0.4) is 0 Å². The topological polar surface area (TPSA) is 32.3 Å². The van der Waals surface area contributed by atoms with Crippen molar-refractivity contribution >= 4 is 5.91 Å². The Balaban J connectivity index is 1.96. The molecule has 14 heavy (non-hydrogen) atoms. The fourth-order valence-corrected chi connectivity index (χ4v) is 2.48. The summed E-state index contributed by atoms with van der Waals surface area (Å²) in [6.07, 6.45) is 4.13. The number of nitrogens with one attached hydrogen (secondary N) is 1. The first-order chi connectivity index (χ1) is 6.59. The Morgan fingerprint density at radius 1 is 1.50 bits per heavy atom. The van der Waals surface area contributed by atoms with Crippen molar-refractivity contribution in [2.24, 2.45) is 5.92 Å². The Hall–Kier alpha value is -0.570. The maximum absolute atomic E-state index is 11.8. The highest BCUT2D eigenvalue weighted by atomic mass is 16.2. The zero-order valence-electron chi connectivity index (χ0n) is 9.29. The summed E-state index contributed by atoms with van der Waals surface area (Å²) >= 11 is 0. The Morgan fingerprint density at radius 3 is 2.57 bits per heavy atom. The Labute approximate surface area is 85.8 Å². The van der Waals surface area contributed by atoms with Gasteiger partial charge in [0.1, 0.15) is 0 Å². The lowest BCUT2D eigenvalue weighted by molar-refractivity contribution is -0.131. The maximum Gasteiger partial charge on any atom is 0.240 e. The summed E-state index contributed by atoms with van der Waals surface area (Å²) in [6.45, 7) is 6.19. The average Bonchev–Trinajstić information content (AvgIpc) is 2.83. The van der Waals surface area contributed by atoms with Crippen LogP contribution in [0, 0.1) is 5.92 Å². The molecule has 0 bridgehead atoms. The van der Waals surface area contributed by atoms with E-state index in [4.69, 9.17) is 0 Å². The third-order valence-corrected chi connectivity index (χ3v) is 3.38. The van der Waals surface area contributed by atoms with Gasteiger partial charge in [-0.2, -0.15) is 0 Å². The van der Waals surface area contributed by atoms with Crippen molar-refractivity contribution in [2.45, 2.75) is 58.3 Å². The number of hydrogen-bond acceptors (Lipinski definition) is 2. The molecule has 1 heterocycles. The van der Waals surface area contributed by atoms with Crippen molar-refractivity contribution < 1.29 is 4.79 Å². The van der Waals surface area contributed by atoms with Crippen LogP contribution in [0.2, 0.25) is 0 Å². The van der Waals surface area contributed by atoms with Crippen LogP contribution in [0.15, 0.2) is 0 Å². The SMILES string of the molecule is CC1NC(C)N(C(C)CC2CC2)C1=O. The second-order valence-electron chi connectivity index (χ2n) is 4.84. The zero-order valence-corrected chi connectivity index (χ0v) is 9.29. The van der Waals surface area contributed by atoms with Crippen LogP contribution in [0.5, 0.6) is 0 Å². The van der Waals surface area contributed by atoms with Gasteiger partial charge in [0.05, 0.1) is 12.2 Å². The van der Waals surface area contributed by atoms with Crippen molar-refractivity contribution in [3.8, 4) is 0 Å². The highest BCUT2D eigenvalue weighted by Gasteiger charge is 2.38. The molecule has 1 saturated carbocycles. The van der Waals surface area contributed by atoms with E-state index in [2.05, 4.69) is 19.2 Å². The summed E-state index contributed by atoms with van der Waals surface area (Å²) in [7, 11) is 0. The van der Waals surface area contributed by atoms with Gasteiger partial charge in [0.2, 0.25) is 5.91 Å². The number of hydrogen-bond donors (Lipinski definition) is 1. The van der Waals surface area contributed by atoms with Gasteiger partial charge < -0.3 is 4.90 Å². The van der Waals surface area contributed by atoms with Crippen molar-refractivity contribution in [3.05, 3.63) is 0 Å². The first kappa shape index (κ1) is 9.97. The molecule has 2 fully saturated rings. The highest BCUT2D eigenvalue weighted by Crippen LogP contribution is 2.35. The molecule has 3 heteroatoms. The smallest absolute Gasteiger partial charge is 0.240 e. The summed E-state index contributed by atoms with van der Waals surface area (Å²) in [5.41, 5.74) is 0. The summed E-state index contributed by atoms with van der Waals surface area (Å²) in [5, 5.41) is 3.27. The molecule has 3 nitrogen and oxygen atoms in total. The summed E-state index contributed by atoms with van der Waals surface area (Å²) < 4.78 is 0. The van der Waals surface area contributed by atoms with E-state index in [1.54, 1.807) is 0 Å². The number of amides is 1. The molecular weight excluding hydrogens is 176 g/mol. The van der Waals surface area contributed by atoms with Crippen molar-refractivity contribution in [3.63, 3.8) is 0 Å². The molecule has 1 aliphatic carbocycles. The molecular formula is C11H20N2O. The molecule has 1 N–H and O–H groups in total. The van der Waals surface area contributed by atoms with Crippen LogP contribution in [-0.4, -0.2) is 29.1 Å². The minimum Gasteiger partial charge on any atom is -0.323 e. The van der Waals surface area contributed by atoms with Crippen LogP contribution in [0.1, 0.15) is 40.0 Å². The van der Waals surface area contributed by atoms with E-state index in [-0.39, 0.29) is 18.1 Å². The molecule has 0 aromatic rings. The van der Waals surface area contributed by atoms with E-state index < -0.39 is 0 Å². The Morgan fingerprint density at radius 2 is 2.14 bits per heavy atom. The molecule has 1 saturated heterocycles. The average molecular weight is 196 g/mol. The van der Waals surface area contributed by atoms with Crippen LogP contribution in [0.25, 0.3) is 0 Å². The van der Waals surface area contributed by atoms with Crippen LogP contribution in [0.4, 0.5) is 0 Å². The number of carbonyl (C=O) groups is 1. The normalized spacial score (nSPS) is 35.1. The quantitative estimate of drug-likeness (QED) is 0.739. The second-order valence-corrected chi connectivity index (χ2v) is 4.84. The lowest BCUT2D eigenvalue weighted by atomic mass is 10.1. The van der Waals surface area contributed by atoms with Crippen molar-refractivity contribution in [2.75, 3.05) is 0 Å². The molecule has 2 rings (SSSR count). The fourth-order valence-electron chi connectivity index (χ4n) is 2.48. The van der Waals surface area contributed by atoms with E-state index in [0.717, 1.165) is 5.92 Å². The van der Waals surface area contributed by atoms with Gasteiger partial charge in [-0.05, 0) is 33.1 Å². The third kappa shape index (κ3) is 1.78. The Kier molecular flexibility index (Phi) is 2.52. The molecule has 0 radical (unpaired) electrons. The number of nitrogens with zero attached hydrogens (tertiary/aromatic N) is 1. The third-order valence-electron chi connectivity index (χ3n) is 3.38. The van der Waals surface area contributed by atoms with E-state index in [9.17, 15) is 4.79 Å². The summed E-state index contributed by atoms with van der Waals surface area (Å²) in [4.78, 5) is 13.8. The van der Waals surface area contributed by atoms with Gasteiger partial charge in [-0.25, -0.2) is 0 Å². The monoisotopic (exact) mass is 196 g/mol. The summed E-state index contributed by atoms with van der Waals surface area (Å²) in [5.74, 6) is 1.16. The largest absolute Gasteiger partial charge is 0.323 e. The lowest BCUT2D eigenvalue weighted by Gasteiger charge is -2.28. The van der Waals surface area contributed by atoms with Gasteiger partial charge in [0.25, 0.3) is 0 Å². The highest BCUT2D eigenvalue weighted by molar-refractivity contribution is 5.84. The molecule has 0 aromatic heterocycles. The predicted molar refractivity (Wildman–Crippen MR) is 55.7 cm³/mol. The van der Waals surface area contributed by atoms with E-state index in [1.165, 1.54) is 19.3 Å². The molecule has 0 aromatic carbocycles. The van der Waals surface area contributed by atoms with Gasteiger partial charge in [0, 0.05) is 6.04 Å². The minimum absolute atomic E-state index is 0.00616. The molecule has 2 aliphatic rings. The number of carbonyl (C=O) groups excluding carboxylic acids is 1. The molecule has 80 valence electrons. The molecule has 1 aliphatic heterocycles. The number of rotatable bonds is 3. The second kappa shape index (κ2) is 3.54. The maximum atomic E-state index is 11.8. The van der Waals surface area contributed by atoms with Gasteiger partial charge in [-0.15, -0.1) is 0 Å². The lowest BCUT2D eigenvalue weighted by Crippen LogP contribution is -2.41. The zero-order chi connectivity index (χ0) is 10.3. The fraction of sp³-hybridized carbons (Fsp3) is 0.909. The predicted octanol–water partition coefficient (Wildman–Crippen LogP) is 1.34. The van der Waals surface area contributed by atoms with Crippen LogP contribution in [-0.2, 0) is 4.79 Å². The molecule has 1 amide bonds.